The van der Waals surface area contributed by atoms with Gasteiger partial charge in [0, 0.05) is 42.8 Å². The zero-order chi connectivity index (χ0) is 18.1. The molecule has 0 radical (unpaired) electrons. The minimum Gasteiger partial charge on any atom is -0.384 e. The number of methoxy groups -OCH3 is 1. The van der Waals surface area contributed by atoms with E-state index in [-0.39, 0.29) is 29.3 Å². The molecule has 1 unspecified atom stereocenters. The van der Waals surface area contributed by atoms with Gasteiger partial charge in [-0.05, 0) is 42.9 Å². The quantitative estimate of drug-likeness (QED) is 0.833. The number of aromatic nitrogens is 1. The molecular weight excluding hydrogens is 330 g/mol. The summed E-state index contributed by atoms with van der Waals surface area (Å²) in [6.07, 6.45) is 5.01. The molecule has 26 heavy (non-hydrogen) atoms. The smallest absolute Gasteiger partial charge is 0.251 e. The van der Waals surface area contributed by atoms with Gasteiger partial charge in [0.15, 0.2) is 0 Å². The average Bonchev–Trinajstić information content (AvgIpc) is 3.32. The third kappa shape index (κ3) is 3.29. The molecule has 4 rings (SSSR count). The van der Waals surface area contributed by atoms with E-state index >= 15 is 0 Å². The molecule has 1 aromatic heterocycles. The van der Waals surface area contributed by atoms with E-state index in [1.807, 2.05) is 30.3 Å². The number of hydrogen-bond donors (Lipinski definition) is 2. The van der Waals surface area contributed by atoms with Crippen LogP contribution in [0.5, 0.6) is 0 Å². The molecule has 6 heteroatoms. The Bertz CT molecular complexity index is 845. The first kappa shape index (κ1) is 17.0. The summed E-state index contributed by atoms with van der Waals surface area (Å²) >= 11 is 0. The number of fused-ring (bicyclic) bond motifs is 1. The maximum atomic E-state index is 12.5. The van der Waals surface area contributed by atoms with Crippen molar-refractivity contribution in [2.45, 2.75) is 37.8 Å². The summed E-state index contributed by atoms with van der Waals surface area (Å²) < 4.78 is 4.92. The standard InChI is InChI=1S/C20H23N3O3/c1-26-8-6-18(24)22-15-10-20(11-15)12-17(20)23-19(25)14-5-4-13-3-2-7-21-16(13)9-14/h2-5,7,9,15,17H,6,8,10-12H2,1H3,(H,22,24)(H,23,25). The molecule has 0 saturated heterocycles. The van der Waals surface area contributed by atoms with Crippen LogP contribution in [0.1, 0.15) is 36.0 Å². The number of amides is 2. The van der Waals surface area contributed by atoms with E-state index < -0.39 is 0 Å². The van der Waals surface area contributed by atoms with Gasteiger partial charge in [0.2, 0.25) is 5.91 Å². The number of rotatable bonds is 6. The third-order valence-electron chi connectivity index (χ3n) is 5.57. The topological polar surface area (TPSA) is 80.3 Å². The van der Waals surface area contributed by atoms with E-state index in [2.05, 4.69) is 15.6 Å². The van der Waals surface area contributed by atoms with Crippen LogP contribution in [0.2, 0.25) is 0 Å². The van der Waals surface area contributed by atoms with Gasteiger partial charge in [0.25, 0.3) is 5.91 Å². The Morgan fingerprint density at radius 1 is 1.23 bits per heavy atom. The summed E-state index contributed by atoms with van der Waals surface area (Å²) in [6.45, 7) is 0.447. The number of benzene rings is 1. The van der Waals surface area contributed by atoms with Crippen molar-refractivity contribution >= 4 is 22.7 Å². The molecule has 1 spiro atoms. The van der Waals surface area contributed by atoms with Crippen molar-refractivity contribution in [3.05, 3.63) is 42.1 Å². The molecule has 1 aromatic carbocycles. The maximum Gasteiger partial charge on any atom is 0.251 e. The second-order valence-corrected chi connectivity index (χ2v) is 7.42. The molecule has 2 fully saturated rings. The lowest BCUT2D eigenvalue weighted by molar-refractivity contribution is -0.123. The minimum absolute atomic E-state index is 0.0385. The summed E-state index contributed by atoms with van der Waals surface area (Å²) in [6, 6.07) is 9.90. The van der Waals surface area contributed by atoms with E-state index in [4.69, 9.17) is 4.74 Å². The van der Waals surface area contributed by atoms with Crippen LogP contribution in [-0.4, -0.2) is 42.6 Å². The van der Waals surface area contributed by atoms with Crippen LogP contribution < -0.4 is 10.6 Å². The predicted molar refractivity (Wildman–Crippen MR) is 97.7 cm³/mol. The number of ether oxygens (including phenoxy) is 1. The number of pyridine rings is 1. The molecule has 136 valence electrons. The largest absolute Gasteiger partial charge is 0.384 e. The number of carbonyl (C=O) groups excluding carboxylic acids is 2. The zero-order valence-electron chi connectivity index (χ0n) is 14.8. The molecule has 2 aliphatic carbocycles. The Morgan fingerprint density at radius 2 is 2.08 bits per heavy atom. The molecule has 2 aliphatic rings. The van der Waals surface area contributed by atoms with Crippen molar-refractivity contribution in [2.75, 3.05) is 13.7 Å². The minimum atomic E-state index is -0.0491. The van der Waals surface area contributed by atoms with E-state index in [9.17, 15) is 9.59 Å². The van der Waals surface area contributed by atoms with Crippen molar-refractivity contribution in [3.8, 4) is 0 Å². The Hall–Kier alpha value is -2.47. The van der Waals surface area contributed by atoms with Crippen LogP contribution in [-0.2, 0) is 9.53 Å². The Morgan fingerprint density at radius 3 is 2.88 bits per heavy atom. The fraction of sp³-hybridized carbons (Fsp3) is 0.450. The monoisotopic (exact) mass is 353 g/mol. The van der Waals surface area contributed by atoms with Gasteiger partial charge >= 0.3 is 0 Å². The first-order valence-corrected chi connectivity index (χ1v) is 9.04. The first-order chi connectivity index (χ1) is 12.6. The van der Waals surface area contributed by atoms with E-state index in [1.165, 1.54) is 0 Å². The zero-order valence-corrected chi connectivity index (χ0v) is 14.8. The summed E-state index contributed by atoms with van der Waals surface area (Å²) in [5.74, 6) is -0.0105. The lowest BCUT2D eigenvalue weighted by atomic mass is 9.76. The van der Waals surface area contributed by atoms with Crippen molar-refractivity contribution in [1.82, 2.24) is 15.6 Å². The highest BCUT2D eigenvalue weighted by atomic mass is 16.5. The average molecular weight is 353 g/mol. The van der Waals surface area contributed by atoms with Gasteiger partial charge in [0.05, 0.1) is 12.1 Å². The van der Waals surface area contributed by atoms with Gasteiger partial charge in [0.1, 0.15) is 0 Å². The van der Waals surface area contributed by atoms with Gasteiger partial charge in [-0.15, -0.1) is 0 Å². The molecule has 0 bridgehead atoms. The van der Waals surface area contributed by atoms with E-state index in [1.54, 1.807) is 13.3 Å². The second kappa shape index (κ2) is 6.68. The molecule has 2 saturated carbocycles. The van der Waals surface area contributed by atoms with E-state index in [0.717, 1.165) is 30.2 Å². The summed E-state index contributed by atoms with van der Waals surface area (Å²) in [4.78, 5) is 28.5. The number of nitrogens with one attached hydrogen (secondary N) is 2. The molecule has 6 nitrogen and oxygen atoms in total. The Kier molecular flexibility index (Phi) is 4.36. The molecule has 0 aliphatic heterocycles. The maximum absolute atomic E-state index is 12.5. The first-order valence-electron chi connectivity index (χ1n) is 9.04. The summed E-state index contributed by atoms with van der Waals surface area (Å²) in [5.41, 5.74) is 1.65. The van der Waals surface area contributed by atoms with E-state index in [0.29, 0.717) is 18.6 Å². The van der Waals surface area contributed by atoms with Gasteiger partial charge < -0.3 is 15.4 Å². The van der Waals surface area contributed by atoms with Crippen LogP contribution >= 0.6 is 0 Å². The van der Waals surface area contributed by atoms with Gasteiger partial charge in [-0.25, -0.2) is 0 Å². The van der Waals surface area contributed by atoms with Gasteiger partial charge in [-0.3, -0.25) is 14.6 Å². The van der Waals surface area contributed by atoms with Crippen LogP contribution in [0, 0.1) is 5.41 Å². The number of nitrogens with zero attached hydrogens (tertiary/aromatic N) is 1. The van der Waals surface area contributed by atoms with Crippen LogP contribution in [0.4, 0.5) is 0 Å². The van der Waals surface area contributed by atoms with Gasteiger partial charge in [-0.2, -0.15) is 0 Å². The van der Waals surface area contributed by atoms with Crippen molar-refractivity contribution in [3.63, 3.8) is 0 Å². The normalized spacial score (nSPS) is 26.3. The molecule has 2 amide bonds. The van der Waals surface area contributed by atoms with Crippen molar-refractivity contribution < 1.29 is 14.3 Å². The van der Waals surface area contributed by atoms with Crippen molar-refractivity contribution in [2.24, 2.45) is 5.41 Å². The highest BCUT2D eigenvalue weighted by Gasteiger charge is 2.62. The SMILES string of the molecule is COCCC(=O)NC1CC2(C1)CC2NC(=O)c1ccc2cccnc2c1. The fourth-order valence-electron chi connectivity index (χ4n) is 3.97. The number of carbonyl (C=O) groups is 2. The summed E-state index contributed by atoms with van der Waals surface area (Å²) in [5, 5.41) is 7.19. The fourth-order valence-corrected chi connectivity index (χ4v) is 3.97. The second-order valence-electron chi connectivity index (χ2n) is 7.42. The Balaban J connectivity index is 1.28. The summed E-state index contributed by atoms with van der Waals surface area (Å²) in [7, 11) is 1.59. The Labute approximate surface area is 152 Å². The van der Waals surface area contributed by atoms with Gasteiger partial charge in [-0.1, -0.05) is 12.1 Å². The molecule has 2 aromatic rings. The lowest BCUT2D eigenvalue weighted by Crippen LogP contribution is -2.48. The predicted octanol–water partition coefficient (Wildman–Crippen LogP) is 2.04. The number of hydrogen-bond acceptors (Lipinski definition) is 4. The highest BCUT2D eigenvalue weighted by molar-refractivity contribution is 5.98. The molecule has 1 heterocycles. The van der Waals surface area contributed by atoms with Crippen LogP contribution in [0.25, 0.3) is 10.9 Å². The molecule has 2 N–H and O–H groups in total. The molecular formula is C20H23N3O3. The third-order valence-corrected chi connectivity index (χ3v) is 5.57. The van der Waals surface area contributed by atoms with Crippen molar-refractivity contribution in [1.29, 1.82) is 0 Å². The highest BCUT2D eigenvalue weighted by Crippen LogP contribution is 2.60. The molecule has 1 atom stereocenters. The lowest BCUT2D eigenvalue weighted by Gasteiger charge is -2.37. The van der Waals surface area contributed by atoms with Crippen LogP contribution in [0.3, 0.4) is 0 Å². The van der Waals surface area contributed by atoms with Crippen LogP contribution in [0.15, 0.2) is 36.5 Å².